The maximum Gasteiger partial charge on any atom is 0.250 e. The lowest BCUT2D eigenvalue weighted by Crippen LogP contribution is -2.38. The van der Waals surface area contributed by atoms with E-state index in [0.717, 1.165) is 30.9 Å². The third-order valence-electron chi connectivity index (χ3n) is 4.00. The predicted molar refractivity (Wildman–Crippen MR) is 104 cm³/mol. The monoisotopic (exact) mass is 358 g/mol. The minimum absolute atomic E-state index is 0.0309. The van der Waals surface area contributed by atoms with Crippen molar-refractivity contribution in [1.29, 1.82) is 0 Å². The molecular formula is C20H27FN4O. The largest absolute Gasteiger partial charge is 0.357 e. The molecule has 0 fully saturated rings. The molecule has 0 bridgehead atoms. The second kappa shape index (κ2) is 10.4. The first kappa shape index (κ1) is 19.7. The highest BCUT2D eigenvalue weighted by molar-refractivity contribution is 5.79. The van der Waals surface area contributed by atoms with E-state index in [1.54, 1.807) is 28.8 Å². The molecule has 0 amide bonds. The Morgan fingerprint density at radius 3 is 2.65 bits per heavy atom. The summed E-state index contributed by atoms with van der Waals surface area (Å²) >= 11 is 0. The van der Waals surface area contributed by atoms with E-state index in [-0.39, 0.29) is 11.4 Å². The van der Waals surface area contributed by atoms with Crippen molar-refractivity contribution in [1.82, 2.24) is 14.8 Å². The third-order valence-corrected chi connectivity index (χ3v) is 4.00. The third kappa shape index (κ3) is 6.35. The zero-order chi connectivity index (χ0) is 18.8. The zero-order valence-corrected chi connectivity index (χ0v) is 15.5. The number of pyridine rings is 1. The average molecular weight is 358 g/mol. The van der Waals surface area contributed by atoms with Gasteiger partial charge in [-0.05, 0) is 43.5 Å². The molecule has 0 aliphatic heterocycles. The molecule has 0 atom stereocenters. The van der Waals surface area contributed by atoms with Crippen LogP contribution in [0.15, 0.2) is 58.4 Å². The summed E-state index contributed by atoms with van der Waals surface area (Å²) in [5.41, 5.74) is 1.06. The van der Waals surface area contributed by atoms with Crippen LogP contribution in [0.25, 0.3) is 0 Å². The molecule has 1 N–H and O–H groups in total. The van der Waals surface area contributed by atoms with Crippen molar-refractivity contribution in [3.8, 4) is 0 Å². The van der Waals surface area contributed by atoms with Gasteiger partial charge < -0.3 is 14.8 Å². The number of hydrogen-bond acceptors (Lipinski definition) is 2. The van der Waals surface area contributed by atoms with Gasteiger partial charge in [-0.15, -0.1) is 0 Å². The predicted octanol–water partition coefficient (Wildman–Crippen LogP) is 2.87. The number of hydrogen-bond donors (Lipinski definition) is 1. The Hall–Kier alpha value is -2.63. The first-order chi connectivity index (χ1) is 12.6. The van der Waals surface area contributed by atoms with Crippen molar-refractivity contribution in [2.75, 3.05) is 20.1 Å². The molecule has 0 aliphatic rings. The minimum atomic E-state index is -0.227. The SMILES string of the molecule is CCNC(=NCCCCn1ccccc1=O)N(C)Cc1ccc(F)cc1. The molecule has 5 nitrogen and oxygen atoms in total. The number of nitrogens with one attached hydrogen (secondary N) is 1. The van der Waals surface area contributed by atoms with Crippen molar-refractivity contribution in [3.63, 3.8) is 0 Å². The number of benzene rings is 1. The molecule has 0 radical (unpaired) electrons. The highest BCUT2D eigenvalue weighted by atomic mass is 19.1. The Bertz CT molecular complexity index is 755. The van der Waals surface area contributed by atoms with E-state index in [2.05, 4.69) is 10.3 Å². The second-order valence-corrected chi connectivity index (χ2v) is 6.16. The van der Waals surface area contributed by atoms with Gasteiger partial charge in [-0.1, -0.05) is 18.2 Å². The van der Waals surface area contributed by atoms with Crippen LogP contribution in [0.2, 0.25) is 0 Å². The van der Waals surface area contributed by atoms with Crippen LogP contribution in [0.4, 0.5) is 4.39 Å². The Labute approximate surface area is 154 Å². The highest BCUT2D eigenvalue weighted by Gasteiger charge is 2.06. The molecule has 2 aromatic rings. The van der Waals surface area contributed by atoms with Crippen molar-refractivity contribution in [2.24, 2.45) is 4.99 Å². The quantitative estimate of drug-likeness (QED) is 0.448. The van der Waals surface area contributed by atoms with E-state index in [1.165, 1.54) is 12.1 Å². The summed E-state index contributed by atoms with van der Waals surface area (Å²) in [6, 6.07) is 11.7. The number of unbranched alkanes of at least 4 members (excludes halogenated alkanes) is 1. The van der Waals surface area contributed by atoms with E-state index in [0.29, 0.717) is 19.6 Å². The van der Waals surface area contributed by atoms with Crippen LogP contribution in [0.1, 0.15) is 25.3 Å². The molecule has 0 saturated carbocycles. The maximum atomic E-state index is 13.0. The van der Waals surface area contributed by atoms with Gasteiger partial charge in [0.1, 0.15) is 5.82 Å². The molecule has 0 aliphatic carbocycles. The Morgan fingerprint density at radius 2 is 1.96 bits per heavy atom. The van der Waals surface area contributed by atoms with Gasteiger partial charge in [0.05, 0.1) is 0 Å². The summed E-state index contributed by atoms with van der Waals surface area (Å²) < 4.78 is 14.7. The van der Waals surface area contributed by atoms with Crippen molar-refractivity contribution in [2.45, 2.75) is 32.9 Å². The lowest BCUT2D eigenvalue weighted by atomic mass is 10.2. The number of aromatic nitrogens is 1. The summed E-state index contributed by atoms with van der Waals surface area (Å²) in [6.07, 6.45) is 3.61. The average Bonchev–Trinajstić information content (AvgIpc) is 2.64. The fraction of sp³-hybridized carbons (Fsp3) is 0.400. The first-order valence-corrected chi connectivity index (χ1v) is 8.99. The summed E-state index contributed by atoms with van der Waals surface area (Å²) in [4.78, 5) is 18.3. The molecule has 1 aromatic carbocycles. The molecule has 6 heteroatoms. The minimum Gasteiger partial charge on any atom is -0.357 e. The fourth-order valence-corrected chi connectivity index (χ4v) is 2.63. The Kier molecular flexibility index (Phi) is 7.86. The van der Waals surface area contributed by atoms with Crippen molar-refractivity contribution in [3.05, 3.63) is 70.4 Å². The summed E-state index contributed by atoms with van der Waals surface area (Å²) in [5.74, 6) is 0.600. The number of halogens is 1. The van der Waals surface area contributed by atoms with E-state index < -0.39 is 0 Å². The number of aliphatic imine (C=N–C) groups is 1. The highest BCUT2D eigenvalue weighted by Crippen LogP contribution is 2.06. The van der Waals surface area contributed by atoms with Gasteiger partial charge in [-0.3, -0.25) is 9.79 Å². The van der Waals surface area contributed by atoms with Crippen molar-refractivity contribution < 1.29 is 4.39 Å². The summed E-state index contributed by atoms with van der Waals surface area (Å²) in [7, 11) is 1.97. The van der Waals surface area contributed by atoms with Gasteiger partial charge in [0.15, 0.2) is 5.96 Å². The van der Waals surface area contributed by atoms with Crippen LogP contribution in [0.5, 0.6) is 0 Å². The normalized spacial score (nSPS) is 11.4. The topological polar surface area (TPSA) is 49.6 Å². The molecular weight excluding hydrogens is 331 g/mol. The van der Waals surface area contributed by atoms with Crippen molar-refractivity contribution >= 4 is 5.96 Å². The van der Waals surface area contributed by atoms with Gasteiger partial charge >= 0.3 is 0 Å². The molecule has 26 heavy (non-hydrogen) atoms. The molecule has 0 unspecified atom stereocenters. The molecule has 2 rings (SSSR count). The van der Waals surface area contributed by atoms with Crippen LogP contribution in [0, 0.1) is 5.82 Å². The number of nitrogens with zero attached hydrogens (tertiary/aromatic N) is 3. The summed E-state index contributed by atoms with van der Waals surface area (Å²) in [6.45, 7) is 4.87. The van der Waals surface area contributed by atoms with Gasteiger partial charge in [0.2, 0.25) is 5.56 Å². The number of aryl methyl sites for hydroxylation is 1. The Balaban J connectivity index is 1.84. The van der Waals surface area contributed by atoms with E-state index in [4.69, 9.17) is 0 Å². The van der Waals surface area contributed by atoms with E-state index in [9.17, 15) is 9.18 Å². The lowest BCUT2D eigenvalue weighted by Gasteiger charge is -2.22. The number of guanidine groups is 1. The molecule has 140 valence electrons. The number of rotatable bonds is 8. The lowest BCUT2D eigenvalue weighted by molar-refractivity contribution is 0.475. The standard InChI is InChI=1S/C20H27FN4O/c1-3-22-20(24(2)16-17-9-11-18(21)12-10-17)23-13-5-7-15-25-14-6-4-8-19(25)26/h4,6,8-12,14H,3,5,7,13,15-16H2,1-2H3,(H,22,23). The van der Waals surface area contributed by atoms with Gasteiger partial charge in [0.25, 0.3) is 0 Å². The molecule has 0 spiro atoms. The van der Waals surface area contributed by atoms with Gasteiger partial charge in [-0.2, -0.15) is 0 Å². The Morgan fingerprint density at radius 1 is 1.19 bits per heavy atom. The fourth-order valence-electron chi connectivity index (χ4n) is 2.63. The first-order valence-electron chi connectivity index (χ1n) is 8.99. The molecule has 0 saturated heterocycles. The van der Waals surface area contributed by atoms with Crippen LogP contribution in [-0.4, -0.2) is 35.6 Å². The van der Waals surface area contributed by atoms with E-state index >= 15 is 0 Å². The molecule has 1 aromatic heterocycles. The van der Waals surface area contributed by atoms with Gasteiger partial charge in [0, 0.05) is 45.5 Å². The second-order valence-electron chi connectivity index (χ2n) is 6.16. The zero-order valence-electron chi connectivity index (χ0n) is 15.5. The van der Waals surface area contributed by atoms with E-state index in [1.807, 2.05) is 31.1 Å². The maximum absolute atomic E-state index is 13.0. The van der Waals surface area contributed by atoms with Crippen LogP contribution < -0.4 is 10.9 Å². The van der Waals surface area contributed by atoms with Crippen LogP contribution in [0.3, 0.4) is 0 Å². The summed E-state index contributed by atoms with van der Waals surface area (Å²) in [5, 5.41) is 3.28. The van der Waals surface area contributed by atoms with Gasteiger partial charge in [-0.25, -0.2) is 4.39 Å². The molecule has 1 heterocycles. The van der Waals surface area contributed by atoms with Crippen LogP contribution in [-0.2, 0) is 13.1 Å². The van der Waals surface area contributed by atoms with Crippen LogP contribution >= 0.6 is 0 Å². The smallest absolute Gasteiger partial charge is 0.250 e.